The Morgan fingerprint density at radius 2 is 1.57 bits per heavy atom. The maximum atomic E-state index is 12.6. The molecule has 3 rings (SSSR count). The fourth-order valence-electron chi connectivity index (χ4n) is 3.15. The third-order valence-corrected chi connectivity index (χ3v) is 5.75. The van der Waals surface area contributed by atoms with Gasteiger partial charge in [-0.15, -0.1) is 0 Å². The van der Waals surface area contributed by atoms with Gasteiger partial charge in [-0.2, -0.15) is 11.8 Å². The van der Waals surface area contributed by atoms with E-state index in [0.717, 1.165) is 21.8 Å². The van der Waals surface area contributed by atoms with Crippen molar-refractivity contribution >= 4 is 41.3 Å². The van der Waals surface area contributed by atoms with Crippen LogP contribution in [0.4, 0.5) is 4.79 Å². The van der Waals surface area contributed by atoms with Crippen LogP contribution in [-0.4, -0.2) is 47.3 Å². The van der Waals surface area contributed by atoms with E-state index in [4.69, 9.17) is 16.7 Å². The summed E-state index contributed by atoms with van der Waals surface area (Å²) in [6.07, 6.45) is 2.68. The second kappa shape index (κ2) is 14.9. The van der Waals surface area contributed by atoms with E-state index in [0.29, 0.717) is 17.0 Å². The zero-order valence-corrected chi connectivity index (χ0v) is 21.3. The Balaban J connectivity index is 0.000000402. The molecule has 184 valence electrons. The Morgan fingerprint density at radius 3 is 2.14 bits per heavy atom. The molecule has 3 aromatic carbocycles. The van der Waals surface area contributed by atoms with Gasteiger partial charge in [0, 0.05) is 28.4 Å². The lowest BCUT2D eigenvalue weighted by Gasteiger charge is -2.20. The van der Waals surface area contributed by atoms with Crippen LogP contribution in [-0.2, 0) is 10.5 Å². The third kappa shape index (κ3) is 9.11. The number of hydrogen-bond donors (Lipinski definition) is 2. The molecule has 0 aromatic heterocycles. The number of amides is 3. The highest BCUT2D eigenvalue weighted by Gasteiger charge is 2.22. The highest BCUT2D eigenvalue weighted by Crippen LogP contribution is 2.27. The van der Waals surface area contributed by atoms with Gasteiger partial charge in [0.25, 0.3) is 5.91 Å². The van der Waals surface area contributed by atoms with E-state index in [1.807, 2.05) is 43.0 Å². The molecule has 0 aliphatic carbocycles. The highest BCUT2D eigenvalue weighted by molar-refractivity contribution is 7.97. The predicted molar refractivity (Wildman–Crippen MR) is 143 cm³/mol. The lowest BCUT2D eigenvalue weighted by atomic mass is 10.0. The van der Waals surface area contributed by atoms with Crippen LogP contribution in [0.1, 0.15) is 29.3 Å². The van der Waals surface area contributed by atoms with Gasteiger partial charge in [0.2, 0.25) is 0 Å². The van der Waals surface area contributed by atoms with Crippen molar-refractivity contribution in [2.75, 3.05) is 19.3 Å². The van der Waals surface area contributed by atoms with Gasteiger partial charge < -0.3 is 10.4 Å². The largest absolute Gasteiger partial charge is 0.480 e. The zero-order valence-electron chi connectivity index (χ0n) is 19.7. The lowest BCUT2D eigenvalue weighted by Crippen LogP contribution is -2.45. The first-order valence-electron chi connectivity index (χ1n) is 11.1. The van der Waals surface area contributed by atoms with Crippen molar-refractivity contribution in [3.8, 4) is 11.1 Å². The Kier molecular flexibility index (Phi) is 11.9. The molecule has 0 unspecified atom stereocenters. The van der Waals surface area contributed by atoms with Crippen LogP contribution in [0.2, 0.25) is 5.02 Å². The summed E-state index contributed by atoms with van der Waals surface area (Å²) in [5.74, 6) is -0.535. The molecule has 35 heavy (non-hydrogen) atoms. The molecule has 0 heterocycles. The van der Waals surface area contributed by atoms with Gasteiger partial charge in [0.1, 0.15) is 6.54 Å². The van der Waals surface area contributed by atoms with Crippen LogP contribution >= 0.6 is 23.4 Å². The van der Waals surface area contributed by atoms with Gasteiger partial charge in [-0.1, -0.05) is 79.2 Å². The maximum Gasteiger partial charge on any atom is 0.324 e. The Bertz CT molecular complexity index is 1110. The van der Waals surface area contributed by atoms with E-state index >= 15 is 0 Å². The standard InChI is InChI=1S/C19H19ClN2O4.C8H10S/c1-2-11-22(19(26)21-12-17(23)24)18(25)14-9-7-13(8-10-14)15-5-3-4-6-16(15)20;1-9-7-8-5-3-2-4-6-8/h3-10H,2,11-12H2,1H3,(H,21,26)(H,23,24);2-6H,7H2,1H3. The normalized spacial score (nSPS) is 10.0. The first-order chi connectivity index (χ1) is 16.9. The number of carbonyl (C=O) groups excluding carboxylic acids is 2. The van der Waals surface area contributed by atoms with Crippen LogP contribution in [0.3, 0.4) is 0 Å². The summed E-state index contributed by atoms with van der Waals surface area (Å²) >= 11 is 8.03. The topological polar surface area (TPSA) is 86.7 Å². The molecule has 6 nitrogen and oxygen atoms in total. The van der Waals surface area contributed by atoms with Gasteiger partial charge in [-0.05, 0) is 42.0 Å². The second-order valence-electron chi connectivity index (χ2n) is 7.49. The Hall–Kier alpha value is -3.29. The summed E-state index contributed by atoms with van der Waals surface area (Å²) in [6.45, 7) is 1.47. The number of halogens is 1. The third-order valence-electron chi connectivity index (χ3n) is 4.80. The molecule has 8 heteroatoms. The SMILES string of the molecule is CCCN(C(=O)NCC(=O)O)C(=O)c1ccc(-c2ccccc2Cl)cc1.CSCc1ccccc1. The number of urea groups is 1. The minimum absolute atomic E-state index is 0.191. The number of carboxylic acids is 1. The number of imide groups is 1. The molecule has 3 amide bonds. The van der Waals surface area contributed by atoms with Crippen LogP contribution in [0.5, 0.6) is 0 Å². The van der Waals surface area contributed by atoms with Crippen LogP contribution in [0.15, 0.2) is 78.9 Å². The minimum Gasteiger partial charge on any atom is -0.480 e. The first kappa shape index (κ1) is 28.0. The fourth-order valence-corrected chi connectivity index (χ4v) is 3.92. The summed E-state index contributed by atoms with van der Waals surface area (Å²) in [6, 6.07) is 23.9. The number of nitrogens with one attached hydrogen (secondary N) is 1. The van der Waals surface area contributed by atoms with Crippen LogP contribution < -0.4 is 5.32 Å². The van der Waals surface area contributed by atoms with Gasteiger partial charge in [0.05, 0.1) is 0 Å². The molecule has 3 aromatic rings. The second-order valence-corrected chi connectivity index (χ2v) is 8.76. The Labute approximate surface area is 215 Å². The number of carboxylic acid groups (broad SMARTS) is 1. The molecule has 0 aliphatic heterocycles. The molecule has 0 bridgehead atoms. The van der Waals surface area contributed by atoms with Crippen molar-refractivity contribution in [3.05, 3.63) is 95.0 Å². The van der Waals surface area contributed by atoms with Gasteiger partial charge in [-0.3, -0.25) is 14.5 Å². The Morgan fingerprint density at radius 1 is 0.943 bits per heavy atom. The molecule has 2 N–H and O–H groups in total. The van der Waals surface area contributed by atoms with E-state index in [-0.39, 0.29) is 6.54 Å². The number of rotatable bonds is 8. The van der Waals surface area contributed by atoms with E-state index in [9.17, 15) is 14.4 Å². The monoisotopic (exact) mass is 512 g/mol. The van der Waals surface area contributed by atoms with Crippen molar-refractivity contribution in [3.63, 3.8) is 0 Å². The average molecular weight is 513 g/mol. The smallest absolute Gasteiger partial charge is 0.324 e. The van der Waals surface area contributed by atoms with E-state index < -0.39 is 24.5 Å². The van der Waals surface area contributed by atoms with E-state index in [1.54, 1.807) is 30.3 Å². The number of aliphatic carboxylic acids is 1. The summed E-state index contributed by atoms with van der Waals surface area (Å²) < 4.78 is 0. The maximum absolute atomic E-state index is 12.6. The quantitative estimate of drug-likeness (QED) is 0.375. The zero-order chi connectivity index (χ0) is 25.6. The van der Waals surface area contributed by atoms with E-state index in [1.165, 1.54) is 5.56 Å². The number of benzene rings is 3. The average Bonchev–Trinajstić information content (AvgIpc) is 2.87. The molecular formula is C27H29ClN2O4S. The fraction of sp³-hybridized carbons (Fsp3) is 0.222. The van der Waals surface area contributed by atoms with Gasteiger partial charge >= 0.3 is 12.0 Å². The molecule has 0 saturated carbocycles. The van der Waals surface area contributed by atoms with Gasteiger partial charge in [-0.25, -0.2) is 4.79 Å². The molecule has 0 saturated heterocycles. The van der Waals surface area contributed by atoms with Crippen molar-refractivity contribution in [1.29, 1.82) is 0 Å². The molecule has 0 aliphatic rings. The molecular weight excluding hydrogens is 484 g/mol. The lowest BCUT2D eigenvalue weighted by molar-refractivity contribution is -0.135. The molecule has 0 spiro atoms. The molecule has 0 radical (unpaired) electrons. The number of hydrogen-bond acceptors (Lipinski definition) is 4. The summed E-state index contributed by atoms with van der Waals surface area (Å²) in [5.41, 5.74) is 3.44. The van der Waals surface area contributed by atoms with Gasteiger partial charge in [0.15, 0.2) is 0 Å². The summed E-state index contributed by atoms with van der Waals surface area (Å²) in [4.78, 5) is 36.3. The predicted octanol–water partition coefficient (Wildman–Crippen LogP) is 6.20. The first-order valence-corrected chi connectivity index (χ1v) is 12.8. The summed E-state index contributed by atoms with van der Waals surface area (Å²) in [5, 5.41) is 11.5. The number of carbonyl (C=O) groups is 3. The van der Waals surface area contributed by atoms with Crippen molar-refractivity contribution in [2.45, 2.75) is 19.1 Å². The van der Waals surface area contributed by atoms with Crippen molar-refractivity contribution < 1.29 is 19.5 Å². The number of nitrogens with zero attached hydrogens (tertiary/aromatic N) is 1. The molecule has 0 atom stereocenters. The molecule has 0 fully saturated rings. The van der Waals surface area contributed by atoms with Crippen molar-refractivity contribution in [2.24, 2.45) is 0 Å². The number of thioether (sulfide) groups is 1. The van der Waals surface area contributed by atoms with E-state index in [2.05, 4.69) is 35.8 Å². The van der Waals surface area contributed by atoms with Crippen LogP contribution in [0, 0.1) is 0 Å². The van der Waals surface area contributed by atoms with Crippen LogP contribution in [0.25, 0.3) is 11.1 Å². The highest BCUT2D eigenvalue weighted by atomic mass is 35.5. The minimum atomic E-state index is -1.17. The summed E-state index contributed by atoms with van der Waals surface area (Å²) in [7, 11) is 0. The van der Waals surface area contributed by atoms with Crippen molar-refractivity contribution in [1.82, 2.24) is 10.2 Å².